The second kappa shape index (κ2) is 7.26. The Morgan fingerprint density at radius 3 is 2.35 bits per heavy atom. The van der Waals surface area contributed by atoms with Crippen LogP contribution in [-0.4, -0.2) is 41.1 Å². The summed E-state index contributed by atoms with van der Waals surface area (Å²) in [4.78, 5) is 36.6. The fourth-order valence-corrected chi connectivity index (χ4v) is 3.06. The highest BCUT2D eigenvalue weighted by atomic mass is 16.5. The van der Waals surface area contributed by atoms with E-state index in [1.165, 1.54) is 7.11 Å². The maximum absolute atomic E-state index is 12.4. The van der Waals surface area contributed by atoms with E-state index in [1.807, 2.05) is 6.07 Å². The Balaban J connectivity index is 1.82. The molecule has 0 aliphatic carbocycles. The van der Waals surface area contributed by atoms with Gasteiger partial charge in [0.05, 0.1) is 7.11 Å². The van der Waals surface area contributed by atoms with Gasteiger partial charge in [-0.1, -0.05) is 30.3 Å². The van der Waals surface area contributed by atoms with Crippen LogP contribution in [0.2, 0.25) is 0 Å². The van der Waals surface area contributed by atoms with Crippen LogP contribution in [0.3, 0.4) is 0 Å². The van der Waals surface area contributed by atoms with E-state index < -0.39 is 29.7 Å². The van der Waals surface area contributed by atoms with Gasteiger partial charge in [0.15, 0.2) is 6.04 Å². The summed E-state index contributed by atoms with van der Waals surface area (Å²) in [7, 11) is 1.51. The Morgan fingerprint density at radius 1 is 1.12 bits per heavy atom. The number of hydrogen-bond acceptors (Lipinski definition) is 4. The van der Waals surface area contributed by atoms with Crippen molar-refractivity contribution in [3.05, 3.63) is 65.7 Å². The van der Waals surface area contributed by atoms with Crippen molar-refractivity contribution in [2.75, 3.05) is 7.11 Å². The minimum absolute atomic E-state index is 0.0177. The van der Waals surface area contributed by atoms with E-state index in [1.54, 1.807) is 48.5 Å². The third-order valence-corrected chi connectivity index (χ3v) is 4.38. The van der Waals surface area contributed by atoms with Crippen LogP contribution in [0, 0.1) is 0 Å². The zero-order valence-corrected chi connectivity index (χ0v) is 14.1. The predicted molar refractivity (Wildman–Crippen MR) is 92.5 cm³/mol. The summed E-state index contributed by atoms with van der Waals surface area (Å²) in [5.74, 6) is -2.10. The summed E-state index contributed by atoms with van der Waals surface area (Å²) >= 11 is 0. The zero-order chi connectivity index (χ0) is 18.7. The van der Waals surface area contributed by atoms with Crippen molar-refractivity contribution < 1.29 is 24.2 Å². The van der Waals surface area contributed by atoms with Crippen molar-refractivity contribution in [1.29, 1.82) is 0 Å². The van der Waals surface area contributed by atoms with Gasteiger partial charge in [-0.25, -0.2) is 9.80 Å². The predicted octanol–water partition coefficient (Wildman–Crippen LogP) is 1.81. The lowest BCUT2D eigenvalue weighted by Crippen LogP contribution is -2.51. The normalized spacial score (nSPS) is 19.3. The van der Waals surface area contributed by atoms with Gasteiger partial charge in [0.2, 0.25) is 5.91 Å². The van der Waals surface area contributed by atoms with Gasteiger partial charge in [-0.15, -0.1) is 0 Å². The molecule has 2 amide bonds. The molecule has 1 saturated heterocycles. The van der Waals surface area contributed by atoms with Crippen LogP contribution in [-0.2, 0) is 9.59 Å². The number of carboxylic acids is 1. The molecule has 0 radical (unpaired) electrons. The zero-order valence-electron chi connectivity index (χ0n) is 14.1. The smallest absolute Gasteiger partial charge is 0.329 e. The van der Waals surface area contributed by atoms with Crippen molar-refractivity contribution in [3.8, 4) is 5.75 Å². The molecular formula is C19H18N2O5. The highest BCUT2D eigenvalue weighted by Crippen LogP contribution is 2.33. The molecule has 134 valence electrons. The fraction of sp³-hybridized carbons (Fsp3) is 0.211. The molecule has 2 aromatic rings. The second-order valence-electron chi connectivity index (χ2n) is 5.94. The van der Waals surface area contributed by atoms with Gasteiger partial charge in [0, 0.05) is 17.9 Å². The second-order valence-corrected chi connectivity index (χ2v) is 5.94. The molecule has 26 heavy (non-hydrogen) atoms. The van der Waals surface area contributed by atoms with E-state index in [9.17, 15) is 19.5 Å². The van der Waals surface area contributed by atoms with Crippen molar-refractivity contribution in [3.63, 3.8) is 0 Å². The molecule has 2 N–H and O–H groups in total. The number of carbonyl (C=O) groups excluding carboxylic acids is 2. The average molecular weight is 354 g/mol. The van der Waals surface area contributed by atoms with Crippen LogP contribution in [0.1, 0.15) is 28.3 Å². The molecule has 1 aliphatic heterocycles. The Morgan fingerprint density at radius 2 is 1.77 bits per heavy atom. The largest absolute Gasteiger partial charge is 0.497 e. The van der Waals surface area contributed by atoms with E-state index >= 15 is 0 Å². The van der Waals surface area contributed by atoms with Crippen LogP contribution in [0.4, 0.5) is 0 Å². The number of aliphatic carboxylic acids is 1. The van der Waals surface area contributed by atoms with Crippen LogP contribution in [0.25, 0.3) is 0 Å². The monoisotopic (exact) mass is 354 g/mol. The molecule has 0 spiro atoms. The van der Waals surface area contributed by atoms with E-state index in [-0.39, 0.29) is 6.42 Å². The number of rotatable bonds is 5. The molecule has 7 nitrogen and oxygen atoms in total. The Hall–Kier alpha value is -3.35. The summed E-state index contributed by atoms with van der Waals surface area (Å²) in [6.07, 6.45) is 0.0177. The number of benzene rings is 2. The number of nitrogens with one attached hydrogen (secondary N) is 1. The topological polar surface area (TPSA) is 95.9 Å². The molecule has 0 bridgehead atoms. The van der Waals surface area contributed by atoms with Crippen molar-refractivity contribution in [2.24, 2.45) is 0 Å². The number of hydrogen-bond donors (Lipinski definition) is 2. The molecule has 1 fully saturated rings. The van der Waals surface area contributed by atoms with Gasteiger partial charge >= 0.3 is 5.97 Å². The lowest BCUT2D eigenvalue weighted by atomic mass is 9.92. The minimum Gasteiger partial charge on any atom is -0.497 e. The SMILES string of the molecule is COc1ccc(C(=O)NN2C(=O)CC(c3ccccc3)C2C(=O)O)cc1. The number of ether oxygens (including phenoxy) is 1. The fourth-order valence-electron chi connectivity index (χ4n) is 3.06. The van der Waals surface area contributed by atoms with E-state index in [0.717, 1.165) is 10.6 Å². The number of nitrogens with zero attached hydrogens (tertiary/aromatic N) is 1. The number of methoxy groups -OCH3 is 1. The molecule has 7 heteroatoms. The Kier molecular flexibility index (Phi) is 4.88. The maximum atomic E-state index is 12.4. The highest BCUT2D eigenvalue weighted by Gasteiger charge is 2.46. The third kappa shape index (κ3) is 3.37. The first-order valence-corrected chi connectivity index (χ1v) is 8.06. The molecule has 0 saturated carbocycles. The van der Waals surface area contributed by atoms with Crippen LogP contribution in [0.15, 0.2) is 54.6 Å². The van der Waals surface area contributed by atoms with Crippen LogP contribution < -0.4 is 10.2 Å². The van der Waals surface area contributed by atoms with Gasteiger partial charge < -0.3 is 9.84 Å². The van der Waals surface area contributed by atoms with Gasteiger partial charge in [-0.05, 0) is 29.8 Å². The first-order chi connectivity index (χ1) is 12.5. The molecule has 1 heterocycles. The minimum atomic E-state index is -1.17. The number of hydrazine groups is 1. The molecule has 1 aliphatic rings. The average Bonchev–Trinajstić information content (AvgIpc) is 2.99. The maximum Gasteiger partial charge on any atom is 0.329 e. The molecule has 3 rings (SSSR count). The van der Waals surface area contributed by atoms with E-state index in [0.29, 0.717) is 11.3 Å². The highest BCUT2D eigenvalue weighted by molar-refractivity contribution is 5.97. The number of carbonyl (C=O) groups is 3. The summed E-state index contributed by atoms with van der Waals surface area (Å²) < 4.78 is 5.04. The summed E-state index contributed by atoms with van der Waals surface area (Å²) in [5, 5.41) is 10.5. The number of carboxylic acid groups (broad SMARTS) is 1. The standard InChI is InChI=1S/C19H18N2O5/c1-26-14-9-7-13(8-10-14)18(23)20-21-16(22)11-15(17(21)19(24)25)12-5-3-2-4-6-12/h2-10,15,17H,11H2,1H3,(H,20,23)(H,24,25). The molecule has 2 unspecified atom stereocenters. The van der Waals surface area contributed by atoms with Crippen molar-refractivity contribution in [1.82, 2.24) is 10.4 Å². The van der Waals surface area contributed by atoms with Crippen molar-refractivity contribution in [2.45, 2.75) is 18.4 Å². The van der Waals surface area contributed by atoms with E-state index in [2.05, 4.69) is 5.43 Å². The summed E-state index contributed by atoms with van der Waals surface area (Å²) in [5.41, 5.74) is 3.48. The Bertz CT molecular complexity index is 820. The quantitative estimate of drug-likeness (QED) is 0.854. The van der Waals surface area contributed by atoms with Gasteiger partial charge in [-0.2, -0.15) is 0 Å². The first kappa shape index (κ1) is 17.5. The van der Waals surface area contributed by atoms with E-state index in [4.69, 9.17) is 4.74 Å². The Labute approximate surface area is 150 Å². The molecule has 0 aromatic heterocycles. The number of amides is 2. The van der Waals surface area contributed by atoms with Gasteiger partial charge in [0.1, 0.15) is 5.75 Å². The lowest BCUT2D eigenvalue weighted by molar-refractivity contribution is -0.148. The summed E-state index contributed by atoms with van der Waals surface area (Å²) in [6, 6.07) is 14.1. The van der Waals surface area contributed by atoms with Crippen LogP contribution >= 0.6 is 0 Å². The molecule has 2 atom stereocenters. The van der Waals surface area contributed by atoms with Crippen LogP contribution in [0.5, 0.6) is 5.75 Å². The molecular weight excluding hydrogens is 336 g/mol. The first-order valence-electron chi connectivity index (χ1n) is 8.06. The van der Waals surface area contributed by atoms with Gasteiger partial charge in [-0.3, -0.25) is 15.0 Å². The molecule has 2 aromatic carbocycles. The summed E-state index contributed by atoms with van der Waals surface area (Å²) in [6.45, 7) is 0. The van der Waals surface area contributed by atoms with Crippen molar-refractivity contribution >= 4 is 17.8 Å². The third-order valence-electron chi connectivity index (χ3n) is 4.38. The van der Waals surface area contributed by atoms with Gasteiger partial charge in [0.25, 0.3) is 5.91 Å². The lowest BCUT2D eigenvalue weighted by Gasteiger charge is -2.25.